The third-order valence-electron chi connectivity index (χ3n) is 3.47. The minimum Gasteiger partial charge on any atom is -0.368 e. The highest BCUT2D eigenvalue weighted by molar-refractivity contribution is 5.91. The lowest BCUT2D eigenvalue weighted by Gasteiger charge is -2.21. The molecule has 0 heterocycles. The Morgan fingerprint density at radius 2 is 1.68 bits per heavy atom. The number of benzene rings is 1. The van der Waals surface area contributed by atoms with Crippen LogP contribution in [-0.2, 0) is 20.8 Å². The molecular formula is C18H24FN3O3. The van der Waals surface area contributed by atoms with Gasteiger partial charge in [-0.15, -0.1) is 0 Å². The topological polar surface area (TPSA) is 101 Å². The predicted molar refractivity (Wildman–Crippen MR) is 92.9 cm³/mol. The van der Waals surface area contributed by atoms with Crippen LogP contribution in [0.15, 0.2) is 35.9 Å². The summed E-state index contributed by atoms with van der Waals surface area (Å²) in [5, 5.41) is 5.10. The lowest BCUT2D eigenvalue weighted by atomic mass is 10.0. The summed E-state index contributed by atoms with van der Waals surface area (Å²) in [4.78, 5) is 35.4. The molecule has 3 amide bonds. The van der Waals surface area contributed by atoms with Gasteiger partial charge in [-0.2, -0.15) is 0 Å². The number of amides is 3. The second kappa shape index (κ2) is 9.56. The fourth-order valence-corrected chi connectivity index (χ4v) is 2.18. The molecule has 136 valence electrons. The van der Waals surface area contributed by atoms with Crippen LogP contribution >= 0.6 is 0 Å². The molecule has 0 unspecified atom stereocenters. The number of carbonyl (C=O) groups excluding carboxylic acids is 3. The SMILES string of the molecule is CC(=O)N[C@@H](Cc1ccc(F)cc1)C(=O)N[C@@H](CC=C(C)C)C(N)=O. The van der Waals surface area contributed by atoms with E-state index in [0.29, 0.717) is 5.56 Å². The molecule has 0 aliphatic carbocycles. The molecule has 0 radical (unpaired) electrons. The van der Waals surface area contributed by atoms with Gasteiger partial charge in [0.25, 0.3) is 0 Å². The van der Waals surface area contributed by atoms with Gasteiger partial charge in [0.05, 0.1) is 0 Å². The standard InChI is InChI=1S/C18H24FN3O3/c1-11(2)4-9-15(17(20)24)22-18(25)16(21-12(3)23)10-13-5-7-14(19)8-6-13/h4-8,15-16H,9-10H2,1-3H3,(H2,20,24)(H,21,23)(H,22,25)/t15-,16-/m0/s1. The van der Waals surface area contributed by atoms with Gasteiger partial charge in [-0.05, 0) is 38.0 Å². The molecule has 0 bridgehead atoms. The second-order valence-electron chi connectivity index (χ2n) is 6.06. The maximum Gasteiger partial charge on any atom is 0.243 e. The Balaban J connectivity index is 2.87. The highest BCUT2D eigenvalue weighted by Gasteiger charge is 2.24. The number of carbonyl (C=O) groups is 3. The van der Waals surface area contributed by atoms with E-state index in [9.17, 15) is 18.8 Å². The van der Waals surface area contributed by atoms with Gasteiger partial charge in [0, 0.05) is 13.3 Å². The monoisotopic (exact) mass is 349 g/mol. The Kier molecular flexibility index (Phi) is 7.78. The summed E-state index contributed by atoms with van der Waals surface area (Å²) in [5.74, 6) is -1.96. The summed E-state index contributed by atoms with van der Waals surface area (Å²) in [7, 11) is 0. The minimum atomic E-state index is -0.892. The van der Waals surface area contributed by atoms with Crippen molar-refractivity contribution in [3.8, 4) is 0 Å². The maximum atomic E-state index is 13.0. The van der Waals surface area contributed by atoms with Gasteiger partial charge >= 0.3 is 0 Å². The van der Waals surface area contributed by atoms with Crippen molar-refractivity contribution in [3.05, 3.63) is 47.3 Å². The fraction of sp³-hybridized carbons (Fsp3) is 0.389. The molecule has 1 rings (SSSR count). The molecule has 2 atom stereocenters. The zero-order valence-electron chi connectivity index (χ0n) is 14.6. The average molecular weight is 349 g/mol. The average Bonchev–Trinajstić information content (AvgIpc) is 2.51. The van der Waals surface area contributed by atoms with Gasteiger partial charge in [-0.1, -0.05) is 23.8 Å². The zero-order valence-corrected chi connectivity index (χ0v) is 14.6. The van der Waals surface area contributed by atoms with Gasteiger partial charge in [-0.25, -0.2) is 4.39 Å². The largest absolute Gasteiger partial charge is 0.368 e. The molecule has 0 aliphatic rings. The predicted octanol–water partition coefficient (Wildman–Crippen LogP) is 1.20. The Labute approximate surface area is 146 Å². The van der Waals surface area contributed by atoms with Crippen molar-refractivity contribution in [2.24, 2.45) is 5.73 Å². The Morgan fingerprint density at radius 3 is 2.16 bits per heavy atom. The summed E-state index contributed by atoms with van der Waals surface area (Å²) < 4.78 is 13.0. The van der Waals surface area contributed by atoms with Crippen LogP contribution in [0.25, 0.3) is 0 Å². The lowest BCUT2D eigenvalue weighted by Crippen LogP contribution is -2.53. The number of halogens is 1. The first kappa shape index (κ1) is 20.3. The molecule has 6 nitrogen and oxygen atoms in total. The van der Waals surface area contributed by atoms with Crippen LogP contribution in [0.3, 0.4) is 0 Å². The molecule has 0 saturated carbocycles. The lowest BCUT2D eigenvalue weighted by molar-refractivity contribution is -0.130. The van der Waals surface area contributed by atoms with Crippen molar-refractivity contribution in [1.82, 2.24) is 10.6 Å². The summed E-state index contributed by atoms with van der Waals surface area (Å²) in [6.07, 6.45) is 2.23. The van der Waals surface area contributed by atoms with E-state index in [-0.39, 0.29) is 24.6 Å². The van der Waals surface area contributed by atoms with Crippen molar-refractivity contribution in [2.45, 2.75) is 45.7 Å². The third-order valence-corrected chi connectivity index (χ3v) is 3.47. The van der Waals surface area contributed by atoms with Gasteiger partial charge < -0.3 is 16.4 Å². The third kappa shape index (κ3) is 7.60. The molecule has 0 fully saturated rings. The van der Waals surface area contributed by atoms with Crippen molar-refractivity contribution >= 4 is 17.7 Å². The van der Waals surface area contributed by atoms with E-state index >= 15 is 0 Å². The molecule has 1 aromatic carbocycles. The van der Waals surface area contributed by atoms with Crippen molar-refractivity contribution in [2.75, 3.05) is 0 Å². The summed E-state index contributed by atoms with van der Waals surface area (Å²) in [6, 6.07) is 3.86. The first-order valence-electron chi connectivity index (χ1n) is 7.93. The number of primary amides is 1. The Bertz CT molecular complexity index is 652. The van der Waals surface area contributed by atoms with Gasteiger partial charge in [-0.3, -0.25) is 14.4 Å². The molecule has 0 aromatic heterocycles. The second-order valence-corrected chi connectivity index (χ2v) is 6.06. The van der Waals surface area contributed by atoms with E-state index in [0.717, 1.165) is 5.57 Å². The van der Waals surface area contributed by atoms with Gasteiger partial charge in [0.15, 0.2) is 0 Å². The molecule has 0 aliphatic heterocycles. The van der Waals surface area contributed by atoms with E-state index in [1.165, 1.54) is 31.2 Å². The molecule has 25 heavy (non-hydrogen) atoms. The smallest absolute Gasteiger partial charge is 0.243 e. The number of nitrogens with two attached hydrogens (primary N) is 1. The van der Waals surface area contributed by atoms with E-state index in [1.807, 2.05) is 13.8 Å². The van der Waals surface area contributed by atoms with Crippen LogP contribution < -0.4 is 16.4 Å². The van der Waals surface area contributed by atoms with Crippen molar-refractivity contribution in [3.63, 3.8) is 0 Å². The molecule has 0 saturated heterocycles. The quantitative estimate of drug-likeness (QED) is 0.615. The van der Waals surface area contributed by atoms with Crippen LogP contribution in [0, 0.1) is 5.82 Å². The van der Waals surface area contributed by atoms with Crippen molar-refractivity contribution in [1.29, 1.82) is 0 Å². The molecule has 1 aromatic rings. The molecular weight excluding hydrogens is 325 g/mol. The number of hydrogen-bond donors (Lipinski definition) is 3. The van der Waals surface area contributed by atoms with Crippen molar-refractivity contribution < 1.29 is 18.8 Å². The van der Waals surface area contributed by atoms with Crippen LogP contribution in [0.5, 0.6) is 0 Å². The first-order chi connectivity index (χ1) is 11.7. The highest BCUT2D eigenvalue weighted by Crippen LogP contribution is 2.07. The number of rotatable bonds is 8. The van der Waals surface area contributed by atoms with E-state index in [4.69, 9.17) is 5.73 Å². The minimum absolute atomic E-state index is 0.166. The number of hydrogen-bond acceptors (Lipinski definition) is 3. The molecule has 4 N–H and O–H groups in total. The van der Waals surface area contributed by atoms with Gasteiger partial charge in [0.1, 0.15) is 17.9 Å². The zero-order chi connectivity index (χ0) is 19.0. The fourth-order valence-electron chi connectivity index (χ4n) is 2.18. The van der Waals surface area contributed by atoms with E-state index < -0.39 is 23.9 Å². The first-order valence-corrected chi connectivity index (χ1v) is 7.93. The number of nitrogens with one attached hydrogen (secondary N) is 2. The molecule has 0 spiro atoms. The molecule has 7 heteroatoms. The van der Waals surface area contributed by atoms with Crippen LogP contribution in [-0.4, -0.2) is 29.8 Å². The van der Waals surface area contributed by atoms with E-state index in [2.05, 4.69) is 10.6 Å². The highest BCUT2D eigenvalue weighted by atomic mass is 19.1. The maximum absolute atomic E-state index is 13.0. The Morgan fingerprint density at radius 1 is 1.08 bits per heavy atom. The Hall–Kier alpha value is -2.70. The summed E-state index contributed by atoms with van der Waals surface area (Å²) in [6.45, 7) is 5.03. The number of allylic oxidation sites excluding steroid dienone is 1. The van der Waals surface area contributed by atoms with Crippen LogP contribution in [0.1, 0.15) is 32.8 Å². The normalized spacial score (nSPS) is 12.6. The van der Waals surface area contributed by atoms with Crippen LogP contribution in [0.4, 0.5) is 4.39 Å². The van der Waals surface area contributed by atoms with E-state index in [1.54, 1.807) is 6.08 Å². The van der Waals surface area contributed by atoms with Crippen LogP contribution in [0.2, 0.25) is 0 Å². The summed E-state index contributed by atoms with van der Waals surface area (Å²) in [5.41, 5.74) is 7.00. The summed E-state index contributed by atoms with van der Waals surface area (Å²) >= 11 is 0. The van der Waals surface area contributed by atoms with Gasteiger partial charge in [0.2, 0.25) is 17.7 Å².